The summed E-state index contributed by atoms with van der Waals surface area (Å²) in [6.07, 6.45) is 6.71. The minimum Gasteiger partial charge on any atom is -0.383 e. The molecule has 1 aromatic heterocycles. The van der Waals surface area contributed by atoms with E-state index in [4.69, 9.17) is 23.2 Å². The monoisotopic (exact) mass is 654 g/mol. The SMILES string of the molecule is CC(C)(C)N1CCC(N2C=C([C@@H](Nc3cc(Cl)c4ncc(C#N)c(NCCc5ccccc5)c4c3)c3ccc(Cl)cc3)NN2)CC1. The zero-order valence-corrected chi connectivity index (χ0v) is 28.0. The molecule has 0 aliphatic carbocycles. The minimum atomic E-state index is -0.237. The fourth-order valence-corrected chi connectivity index (χ4v) is 6.65. The maximum Gasteiger partial charge on any atom is 0.103 e. The van der Waals surface area contributed by atoms with E-state index in [1.807, 2.05) is 54.6 Å². The van der Waals surface area contributed by atoms with Gasteiger partial charge in [-0.05, 0) is 75.4 Å². The summed E-state index contributed by atoms with van der Waals surface area (Å²) in [4.78, 5) is 7.10. The average molecular weight is 656 g/mol. The van der Waals surface area contributed by atoms with Gasteiger partial charge in [0.2, 0.25) is 0 Å². The Bertz CT molecular complexity index is 1740. The fraction of sp³-hybridized carbons (Fsp3) is 0.333. The summed E-state index contributed by atoms with van der Waals surface area (Å²) in [5.74, 6) is 0. The molecular formula is C36H40Cl2N8. The summed E-state index contributed by atoms with van der Waals surface area (Å²) in [6, 6.07) is 24.5. The maximum absolute atomic E-state index is 9.96. The molecule has 0 saturated carbocycles. The molecule has 1 atom stereocenters. The largest absolute Gasteiger partial charge is 0.383 e. The van der Waals surface area contributed by atoms with Crippen LogP contribution in [0.25, 0.3) is 10.9 Å². The number of pyridine rings is 1. The Kier molecular flexibility index (Phi) is 9.57. The van der Waals surface area contributed by atoms with Crippen LogP contribution in [0.15, 0.2) is 84.8 Å². The number of aromatic nitrogens is 1. The van der Waals surface area contributed by atoms with Crippen molar-refractivity contribution in [3.05, 3.63) is 112 Å². The lowest BCUT2D eigenvalue weighted by molar-refractivity contribution is 0.0570. The van der Waals surface area contributed by atoms with Crippen LogP contribution in [0.1, 0.15) is 56.3 Å². The van der Waals surface area contributed by atoms with Gasteiger partial charge in [0.25, 0.3) is 0 Å². The van der Waals surface area contributed by atoms with Gasteiger partial charge in [-0.1, -0.05) is 65.7 Å². The third-order valence-electron chi connectivity index (χ3n) is 8.84. The molecule has 0 amide bonds. The number of hydrogen-bond acceptors (Lipinski definition) is 8. The zero-order chi connectivity index (χ0) is 32.3. The molecule has 46 heavy (non-hydrogen) atoms. The van der Waals surface area contributed by atoms with E-state index in [-0.39, 0.29) is 11.6 Å². The fourth-order valence-electron chi connectivity index (χ4n) is 6.26. The van der Waals surface area contributed by atoms with Crippen molar-refractivity contribution in [1.82, 2.24) is 25.9 Å². The van der Waals surface area contributed by atoms with Crippen LogP contribution in [0, 0.1) is 11.3 Å². The number of halogens is 2. The third-order valence-corrected chi connectivity index (χ3v) is 9.38. The lowest BCUT2D eigenvalue weighted by Crippen LogP contribution is -2.52. The van der Waals surface area contributed by atoms with Crippen molar-refractivity contribution in [2.75, 3.05) is 30.3 Å². The third kappa shape index (κ3) is 7.19. The van der Waals surface area contributed by atoms with Crippen LogP contribution in [-0.4, -0.2) is 46.1 Å². The molecule has 2 aliphatic heterocycles. The van der Waals surface area contributed by atoms with Gasteiger partial charge in [-0.25, -0.2) is 0 Å². The second-order valence-corrected chi connectivity index (χ2v) is 13.8. The van der Waals surface area contributed by atoms with Crippen LogP contribution in [0.3, 0.4) is 0 Å². The van der Waals surface area contributed by atoms with E-state index in [0.717, 1.165) is 60.4 Å². The topological polar surface area (TPSA) is 91.3 Å². The number of hydrazine groups is 2. The van der Waals surface area contributed by atoms with E-state index < -0.39 is 0 Å². The number of nitrogens with one attached hydrogen (secondary N) is 4. The van der Waals surface area contributed by atoms with E-state index in [0.29, 0.717) is 33.7 Å². The summed E-state index contributed by atoms with van der Waals surface area (Å²) < 4.78 is 0. The molecule has 0 bridgehead atoms. The Morgan fingerprint density at radius 1 is 1.04 bits per heavy atom. The minimum absolute atomic E-state index is 0.175. The molecule has 238 valence electrons. The van der Waals surface area contributed by atoms with Crippen LogP contribution in [0.4, 0.5) is 11.4 Å². The number of nitriles is 1. The van der Waals surface area contributed by atoms with Gasteiger partial charge in [-0.15, -0.1) is 5.53 Å². The predicted octanol–water partition coefficient (Wildman–Crippen LogP) is 7.65. The molecule has 4 aromatic rings. The molecule has 4 N–H and O–H groups in total. The Balaban J connectivity index is 1.28. The lowest BCUT2D eigenvalue weighted by atomic mass is 9.98. The first-order valence-electron chi connectivity index (χ1n) is 15.8. The van der Waals surface area contributed by atoms with Crippen LogP contribution in [0.2, 0.25) is 10.0 Å². The first-order chi connectivity index (χ1) is 22.2. The highest BCUT2D eigenvalue weighted by Gasteiger charge is 2.32. The molecule has 1 fully saturated rings. The van der Waals surface area contributed by atoms with Gasteiger partial charge in [0, 0.05) is 59.7 Å². The van der Waals surface area contributed by atoms with Gasteiger partial charge in [0.1, 0.15) is 6.07 Å². The highest BCUT2D eigenvalue weighted by molar-refractivity contribution is 6.36. The number of anilines is 2. The number of rotatable bonds is 9. The molecule has 0 unspecified atom stereocenters. The van der Waals surface area contributed by atoms with Crippen molar-refractivity contribution in [2.24, 2.45) is 0 Å². The van der Waals surface area contributed by atoms with Crippen molar-refractivity contribution in [2.45, 2.75) is 57.7 Å². The number of hydrogen-bond donors (Lipinski definition) is 4. The van der Waals surface area contributed by atoms with Crippen molar-refractivity contribution in [1.29, 1.82) is 5.26 Å². The molecule has 0 radical (unpaired) electrons. The maximum atomic E-state index is 9.96. The van der Waals surface area contributed by atoms with E-state index in [9.17, 15) is 5.26 Å². The first-order valence-corrected chi connectivity index (χ1v) is 16.5. The summed E-state index contributed by atoms with van der Waals surface area (Å²) >= 11 is 13.1. The zero-order valence-electron chi connectivity index (χ0n) is 26.4. The van der Waals surface area contributed by atoms with E-state index in [1.165, 1.54) is 5.56 Å². The van der Waals surface area contributed by atoms with Crippen LogP contribution in [0.5, 0.6) is 0 Å². The number of fused-ring (bicyclic) bond motifs is 1. The number of benzene rings is 3. The van der Waals surface area contributed by atoms with E-state index in [2.05, 4.69) is 81.7 Å². The number of piperidine rings is 1. The van der Waals surface area contributed by atoms with Gasteiger partial charge in [0.15, 0.2) is 0 Å². The van der Waals surface area contributed by atoms with E-state index in [1.54, 1.807) is 6.20 Å². The summed E-state index contributed by atoms with van der Waals surface area (Å²) in [5, 5.41) is 21.3. The van der Waals surface area contributed by atoms with Crippen molar-refractivity contribution >= 4 is 45.5 Å². The average Bonchev–Trinajstić information content (AvgIpc) is 3.55. The Hall–Kier alpha value is -4.00. The van der Waals surface area contributed by atoms with Gasteiger partial charge in [0.05, 0.1) is 33.5 Å². The van der Waals surface area contributed by atoms with Crippen molar-refractivity contribution < 1.29 is 0 Å². The molecule has 3 aromatic carbocycles. The standard InChI is InChI=1S/C36H40Cl2N8/c1-36(2,3)45-17-14-29(15-18-45)46-23-32(43-44-46)34(25-9-11-27(37)12-10-25)42-28-19-30-33(40-16-13-24-7-5-4-6-8-24)26(21-39)22-41-35(30)31(38)20-28/h4-12,19-20,22-23,29,34,42-44H,13-18H2,1-3H3,(H,40,41)/t34-/m0/s1. The van der Waals surface area contributed by atoms with Crippen LogP contribution < -0.4 is 21.6 Å². The van der Waals surface area contributed by atoms with Gasteiger partial charge >= 0.3 is 0 Å². The second kappa shape index (κ2) is 13.8. The number of nitrogens with zero attached hydrogens (tertiary/aromatic N) is 4. The van der Waals surface area contributed by atoms with Crippen molar-refractivity contribution in [3.8, 4) is 6.07 Å². The van der Waals surface area contributed by atoms with Crippen LogP contribution >= 0.6 is 23.2 Å². The number of likely N-dealkylation sites (tertiary alicyclic amines) is 1. The lowest BCUT2D eigenvalue weighted by Gasteiger charge is -2.42. The van der Waals surface area contributed by atoms with Gasteiger partial charge in [-0.2, -0.15) is 5.26 Å². The highest BCUT2D eigenvalue weighted by Crippen LogP contribution is 2.36. The van der Waals surface area contributed by atoms with E-state index >= 15 is 0 Å². The first kappa shape index (κ1) is 32.0. The smallest absolute Gasteiger partial charge is 0.103 e. The highest BCUT2D eigenvalue weighted by atomic mass is 35.5. The van der Waals surface area contributed by atoms with Crippen LogP contribution in [-0.2, 0) is 6.42 Å². The molecule has 1 saturated heterocycles. The normalized spacial score (nSPS) is 16.5. The quantitative estimate of drug-likeness (QED) is 0.146. The summed E-state index contributed by atoms with van der Waals surface area (Å²) in [7, 11) is 0. The van der Waals surface area contributed by atoms with Gasteiger partial charge in [-0.3, -0.25) is 14.9 Å². The summed E-state index contributed by atoms with van der Waals surface area (Å²) in [5.41, 5.74) is 12.9. The molecule has 2 aliphatic rings. The Morgan fingerprint density at radius 3 is 2.48 bits per heavy atom. The van der Waals surface area contributed by atoms with Crippen molar-refractivity contribution in [3.63, 3.8) is 0 Å². The van der Waals surface area contributed by atoms with Gasteiger partial charge < -0.3 is 16.1 Å². The molecule has 8 nitrogen and oxygen atoms in total. The molecule has 0 spiro atoms. The Labute approximate surface area is 281 Å². The predicted molar refractivity (Wildman–Crippen MR) is 188 cm³/mol. The molecule has 6 rings (SSSR count). The summed E-state index contributed by atoms with van der Waals surface area (Å²) in [6.45, 7) is 9.62. The molecular weight excluding hydrogens is 615 g/mol. The Morgan fingerprint density at radius 2 is 1.78 bits per heavy atom. The molecule has 10 heteroatoms. The molecule has 3 heterocycles. The second-order valence-electron chi connectivity index (χ2n) is 12.9.